The zero-order chi connectivity index (χ0) is 23.7. The number of carbonyl (C=O) groups is 2. The number of hydrogen-bond donors (Lipinski definition) is 2. The lowest BCUT2D eigenvalue weighted by molar-refractivity contribution is -0.113. The molecular formula is C24H22N4O4S2. The molecule has 0 saturated heterocycles. The number of nitrogens with one attached hydrogen (secondary N) is 1. The van der Waals surface area contributed by atoms with Gasteiger partial charge in [0.2, 0.25) is 5.91 Å². The van der Waals surface area contributed by atoms with Crippen LogP contribution in [0.4, 0.5) is 5.00 Å². The number of nitrogens with zero attached hydrogens (tertiary/aromatic N) is 2. The molecule has 8 nitrogen and oxygen atoms in total. The van der Waals surface area contributed by atoms with Crippen molar-refractivity contribution < 1.29 is 14.0 Å². The summed E-state index contributed by atoms with van der Waals surface area (Å²) in [5.41, 5.74) is 7.39. The second kappa shape index (κ2) is 9.47. The first-order valence-corrected chi connectivity index (χ1v) is 12.7. The summed E-state index contributed by atoms with van der Waals surface area (Å²) in [6.07, 6.45) is 5.32. The van der Waals surface area contributed by atoms with Crippen molar-refractivity contribution in [1.29, 1.82) is 0 Å². The standard InChI is InChI=1S/C24H22N4O4S2/c25-21(30)20-16-8-2-4-10-18(16)34-22(20)27-19(29)13-33-24-26-17-9-3-1-7-15(17)23(31)28(24)12-14-6-5-11-32-14/h1,3,5-7,9,11H,2,4,8,10,12-13H2,(H2,25,30)(H,27,29). The van der Waals surface area contributed by atoms with E-state index in [1.54, 1.807) is 36.6 Å². The van der Waals surface area contributed by atoms with Crippen molar-refractivity contribution in [2.45, 2.75) is 37.4 Å². The normalized spacial score (nSPS) is 13.1. The number of hydrogen-bond acceptors (Lipinski definition) is 7. The highest BCUT2D eigenvalue weighted by molar-refractivity contribution is 7.99. The summed E-state index contributed by atoms with van der Waals surface area (Å²) >= 11 is 2.59. The van der Waals surface area contributed by atoms with E-state index in [-0.39, 0.29) is 23.8 Å². The Hall–Kier alpha value is -3.37. The molecule has 4 aromatic rings. The molecular weight excluding hydrogens is 472 g/mol. The number of aryl methyl sites for hydroxylation is 1. The second-order valence-electron chi connectivity index (χ2n) is 8.00. The van der Waals surface area contributed by atoms with Gasteiger partial charge < -0.3 is 15.5 Å². The highest BCUT2D eigenvalue weighted by atomic mass is 32.2. The predicted molar refractivity (Wildman–Crippen MR) is 133 cm³/mol. The molecule has 0 atom stereocenters. The van der Waals surface area contributed by atoms with Crippen LogP contribution in [0.15, 0.2) is 57.0 Å². The van der Waals surface area contributed by atoms with Gasteiger partial charge in [0.15, 0.2) is 5.16 Å². The predicted octanol–water partition coefficient (Wildman–Crippen LogP) is 3.81. The summed E-state index contributed by atoms with van der Waals surface area (Å²) in [4.78, 5) is 43.8. The van der Waals surface area contributed by atoms with Gasteiger partial charge in [-0.3, -0.25) is 19.0 Å². The third-order valence-electron chi connectivity index (χ3n) is 5.72. The fourth-order valence-corrected chi connectivity index (χ4v) is 6.27. The van der Waals surface area contributed by atoms with Gasteiger partial charge in [0, 0.05) is 4.88 Å². The molecule has 1 aliphatic carbocycles. The fraction of sp³-hybridized carbons (Fsp3) is 0.250. The number of fused-ring (bicyclic) bond motifs is 2. The highest BCUT2D eigenvalue weighted by Gasteiger charge is 2.25. The molecule has 0 bridgehead atoms. The summed E-state index contributed by atoms with van der Waals surface area (Å²) in [6.45, 7) is 0.205. The van der Waals surface area contributed by atoms with Crippen molar-refractivity contribution in [2.24, 2.45) is 5.73 Å². The van der Waals surface area contributed by atoms with Crippen molar-refractivity contribution in [3.8, 4) is 0 Å². The molecule has 0 spiro atoms. The van der Waals surface area contributed by atoms with Gasteiger partial charge >= 0.3 is 0 Å². The molecule has 5 rings (SSSR count). The molecule has 1 aliphatic rings. The molecule has 2 amide bonds. The average Bonchev–Trinajstić information content (AvgIpc) is 3.47. The minimum Gasteiger partial charge on any atom is -0.467 e. The number of furan rings is 1. The van der Waals surface area contributed by atoms with E-state index in [4.69, 9.17) is 10.2 Å². The van der Waals surface area contributed by atoms with E-state index in [9.17, 15) is 14.4 Å². The van der Waals surface area contributed by atoms with Crippen LogP contribution in [0.3, 0.4) is 0 Å². The number of nitrogens with two attached hydrogens (primary N) is 1. The number of rotatable bonds is 7. The zero-order valence-electron chi connectivity index (χ0n) is 18.2. The Kier molecular flexibility index (Phi) is 6.25. The highest BCUT2D eigenvalue weighted by Crippen LogP contribution is 2.38. The van der Waals surface area contributed by atoms with Crippen molar-refractivity contribution in [1.82, 2.24) is 9.55 Å². The number of aromatic nitrogens is 2. The maximum atomic E-state index is 13.2. The summed E-state index contributed by atoms with van der Waals surface area (Å²) in [7, 11) is 0. The van der Waals surface area contributed by atoms with Gasteiger partial charge in [0.05, 0.1) is 35.0 Å². The van der Waals surface area contributed by atoms with Crippen LogP contribution in [-0.2, 0) is 24.2 Å². The second-order valence-corrected chi connectivity index (χ2v) is 10.0. The Morgan fingerprint density at radius 2 is 2.00 bits per heavy atom. The van der Waals surface area contributed by atoms with Crippen LogP contribution in [0.2, 0.25) is 0 Å². The molecule has 0 saturated carbocycles. The van der Waals surface area contributed by atoms with Gasteiger partial charge in [-0.25, -0.2) is 4.98 Å². The Balaban J connectivity index is 1.40. The minimum absolute atomic E-state index is 0.0176. The Labute approximate surface area is 203 Å². The van der Waals surface area contributed by atoms with E-state index in [2.05, 4.69) is 10.3 Å². The lowest BCUT2D eigenvalue weighted by atomic mass is 9.95. The lowest BCUT2D eigenvalue weighted by Gasteiger charge is -2.12. The average molecular weight is 495 g/mol. The first-order valence-electron chi connectivity index (χ1n) is 10.9. The summed E-state index contributed by atoms with van der Waals surface area (Å²) in [5.74, 6) is -0.186. The van der Waals surface area contributed by atoms with Crippen LogP contribution < -0.4 is 16.6 Å². The van der Waals surface area contributed by atoms with Crippen molar-refractivity contribution in [3.63, 3.8) is 0 Å². The quantitative estimate of drug-likeness (QED) is 0.298. The number of anilines is 1. The maximum Gasteiger partial charge on any atom is 0.262 e. The lowest BCUT2D eigenvalue weighted by Crippen LogP contribution is -2.25. The Morgan fingerprint density at radius 3 is 2.79 bits per heavy atom. The molecule has 3 aromatic heterocycles. The van der Waals surface area contributed by atoms with Gasteiger partial charge in [0.1, 0.15) is 10.8 Å². The van der Waals surface area contributed by atoms with Gasteiger partial charge in [-0.05, 0) is 55.5 Å². The molecule has 0 radical (unpaired) electrons. The summed E-state index contributed by atoms with van der Waals surface area (Å²) in [6, 6.07) is 10.6. The van der Waals surface area contributed by atoms with Crippen LogP contribution in [0.1, 0.15) is 39.4 Å². The maximum absolute atomic E-state index is 13.2. The Bertz CT molecular complexity index is 1440. The number of primary amides is 1. The largest absolute Gasteiger partial charge is 0.467 e. The Morgan fingerprint density at radius 1 is 1.18 bits per heavy atom. The molecule has 1 aromatic carbocycles. The minimum atomic E-state index is -0.522. The number of benzene rings is 1. The number of amides is 2. The molecule has 0 fully saturated rings. The SMILES string of the molecule is NC(=O)c1c(NC(=O)CSc2nc3ccccc3c(=O)n2Cc2ccco2)sc2c1CCCC2. The van der Waals surface area contributed by atoms with Gasteiger partial charge in [-0.15, -0.1) is 11.3 Å². The van der Waals surface area contributed by atoms with E-state index in [0.29, 0.717) is 32.4 Å². The van der Waals surface area contributed by atoms with Gasteiger partial charge in [0.25, 0.3) is 11.5 Å². The summed E-state index contributed by atoms with van der Waals surface area (Å²) in [5, 5.41) is 4.28. The molecule has 3 heterocycles. The molecule has 174 valence electrons. The third kappa shape index (κ3) is 4.38. The molecule has 0 aliphatic heterocycles. The van der Waals surface area contributed by atoms with E-state index in [1.807, 2.05) is 6.07 Å². The first kappa shape index (κ1) is 22.4. The number of thioether (sulfide) groups is 1. The van der Waals surface area contributed by atoms with Crippen LogP contribution in [0.25, 0.3) is 10.9 Å². The monoisotopic (exact) mass is 494 g/mol. The molecule has 34 heavy (non-hydrogen) atoms. The number of para-hydroxylation sites is 1. The number of thiophene rings is 1. The smallest absolute Gasteiger partial charge is 0.262 e. The van der Waals surface area contributed by atoms with Crippen LogP contribution in [0.5, 0.6) is 0 Å². The van der Waals surface area contributed by atoms with Crippen LogP contribution >= 0.6 is 23.1 Å². The molecule has 3 N–H and O–H groups in total. The van der Waals surface area contributed by atoms with Gasteiger partial charge in [-0.2, -0.15) is 0 Å². The molecule has 10 heteroatoms. The van der Waals surface area contributed by atoms with Crippen LogP contribution in [-0.4, -0.2) is 27.1 Å². The van der Waals surface area contributed by atoms with Gasteiger partial charge in [-0.1, -0.05) is 23.9 Å². The van der Waals surface area contributed by atoms with Crippen molar-refractivity contribution in [3.05, 3.63) is 74.8 Å². The van der Waals surface area contributed by atoms with Crippen molar-refractivity contribution >= 4 is 50.8 Å². The van der Waals surface area contributed by atoms with E-state index >= 15 is 0 Å². The van der Waals surface area contributed by atoms with E-state index < -0.39 is 5.91 Å². The zero-order valence-corrected chi connectivity index (χ0v) is 19.8. The topological polar surface area (TPSA) is 120 Å². The third-order valence-corrected chi connectivity index (χ3v) is 7.91. The van der Waals surface area contributed by atoms with Crippen molar-refractivity contribution in [2.75, 3.05) is 11.1 Å². The van der Waals surface area contributed by atoms with Crippen LogP contribution in [0, 0.1) is 0 Å². The van der Waals surface area contributed by atoms with E-state index in [0.717, 1.165) is 47.9 Å². The fourth-order valence-electron chi connectivity index (χ4n) is 4.16. The summed E-state index contributed by atoms with van der Waals surface area (Å²) < 4.78 is 6.93. The first-order chi connectivity index (χ1) is 16.5. The number of carbonyl (C=O) groups excluding carboxylic acids is 2. The molecule has 0 unspecified atom stereocenters. The van der Waals surface area contributed by atoms with E-state index in [1.165, 1.54) is 15.9 Å².